The van der Waals surface area contributed by atoms with E-state index >= 15 is 0 Å². The van der Waals surface area contributed by atoms with Gasteiger partial charge in [-0.3, -0.25) is 0 Å². The third kappa shape index (κ3) is 3.83. The molecule has 0 radical (unpaired) electrons. The number of nitrogens with one attached hydrogen (secondary N) is 1. The van der Waals surface area contributed by atoms with Gasteiger partial charge in [0.05, 0.1) is 4.75 Å². The maximum atomic E-state index is 13.3. The highest BCUT2D eigenvalue weighted by Crippen LogP contribution is 2.54. The van der Waals surface area contributed by atoms with E-state index in [1.807, 2.05) is 24.2 Å². The van der Waals surface area contributed by atoms with Gasteiger partial charge in [0.25, 0.3) is 6.43 Å². The first-order chi connectivity index (χ1) is 15.5. The second kappa shape index (κ2) is 8.41. The van der Waals surface area contributed by atoms with Crippen LogP contribution < -0.4 is 5.32 Å². The Morgan fingerprint density at radius 2 is 1.88 bits per heavy atom. The van der Waals surface area contributed by atoms with Crippen molar-refractivity contribution < 1.29 is 8.78 Å². The van der Waals surface area contributed by atoms with Crippen molar-refractivity contribution in [2.45, 2.75) is 55.1 Å². The van der Waals surface area contributed by atoms with Crippen LogP contribution in [0.2, 0.25) is 0 Å². The predicted octanol–water partition coefficient (Wildman–Crippen LogP) is 5.67. The maximum absolute atomic E-state index is 13.3. The van der Waals surface area contributed by atoms with Crippen molar-refractivity contribution in [1.82, 2.24) is 14.9 Å². The number of thioether (sulfide) groups is 1. The second-order valence-corrected chi connectivity index (χ2v) is 10.5. The molecule has 0 bridgehead atoms. The highest BCUT2D eigenvalue weighted by Gasteiger charge is 2.46. The normalized spacial score (nSPS) is 21.1. The molecule has 0 unspecified atom stereocenters. The zero-order chi connectivity index (χ0) is 22.3. The van der Waals surface area contributed by atoms with E-state index in [1.54, 1.807) is 12.1 Å². The third-order valence-corrected chi connectivity index (χ3v) is 8.90. The first kappa shape index (κ1) is 21.8. The molecule has 2 aromatic rings. The number of alkyl halides is 2. The Kier molecular flexibility index (Phi) is 5.74. The summed E-state index contributed by atoms with van der Waals surface area (Å²) in [5.74, 6) is 0.982. The van der Waals surface area contributed by atoms with Crippen LogP contribution in [-0.4, -0.2) is 40.8 Å². The van der Waals surface area contributed by atoms with Gasteiger partial charge < -0.3 is 10.2 Å². The SMILES string of the molecule is C=C1Nc2ccc(C(F)F)cc2C12CCN(CCCc1cnc(C3(SC)CC3)nc1)CC2. The van der Waals surface area contributed by atoms with Crippen molar-refractivity contribution >= 4 is 17.4 Å². The smallest absolute Gasteiger partial charge is 0.263 e. The maximum Gasteiger partial charge on any atom is 0.263 e. The Balaban J connectivity index is 1.16. The van der Waals surface area contributed by atoms with Gasteiger partial charge in [-0.1, -0.05) is 12.6 Å². The van der Waals surface area contributed by atoms with Crippen molar-refractivity contribution in [3.05, 3.63) is 65.4 Å². The van der Waals surface area contributed by atoms with Crippen molar-refractivity contribution in [2.24, 2.45) is 0 Å². The van der Waals surface area contributed by atoms with E-state index < -0.39 is 6.43 Å². The lowest BCUT2D eigenvalue weighted by atomic mass is 9.72. The minimum Gasteiger partial charge on any atom is -0.358 e. The Bertz CT molecular complexity index is 996. The van der Waals surface area contributed by atoms with Crippen molar-refractivity contribution in [1.29, 1.82) is 0 Å². The molecule has 0 amide bonds. The first-order valence-electron chi connectivity index (χ1n) is 11.4. The Morgan fingerprint density at radius 1 is 1.16 bits per heavy atom. The number of aryl methyl sites for hydroxylation is 1. The molecular formula is C25H30F2N4S. The summed E-state index contributed by atoms with van der Waals surface area (Å²) in [5.41, 5.74) is 3.95. The predicted molar refractivity (Wildman–Crippen MR) is 126 cm³/mol. The summed E-state index contributed by atoms with van der Waals surface area (Å²) in [7, 11) is 0. The molecule has 1 N–H and O–H groups in total. The van der Waals surface area contributed by atoms with Crippen LogP contribution in [0.15, 0.2) is 42.9 Å². The number of benzene rings is 1. The summed E-state index contributed by atoms with van der Waals surface area (Å²) in [6, 6.07) is 4.98. The van der Waals surface area contributed by atoms with Gasteiger partial charge in [-0.25, -0.2) is 18.7 Å². The first-order valence-corrected chi connectivity index (χ1v) is 12.7. The summed E-state index contributed by atoms with van der Waals surface area (Å²) in [6.07, 6.45) is 9.91. The van der Waals surface area contributed by atoms with Gasteiger partial charge in [0, 0.05) is 34.8 Å². The standard InChI is InChI=1S/C25H30F2N4S/c1-17-24(20-14-19(22(26)27)5-6-21(20)30-17)9-12-31(13-10-24)11-3-4-18-15-28-23(29-16-18)25(32-2)7-8-25/h5-6,14-16,22,30H,1,3-4,7-13H2,2H3. The van der Waals surface area contributed by atoms with Crippen LogP contribution in [0.1, 0.15) is 61.0 Å². The molecule has 7 heteroatoms. The summed E-state index contributed by atoms with van der Waals surface area (Å²) < 4.78 is 26.7. The molecule has 1 saturated heterocycles. The fourth-order valence-electron chi connectivity index (χ4n) is 5.24. The zero-order valence-corrected chi connectivity index (χ0v) is 19.4. The molecule has 3 heterocycles. The molecule has 5 rings (SSSR count). The van der Waals surface area contributed by atoms with Gasteiger partial charge in [-0.15, -0.1) is 0 Å². The van der Waals surface area contributed by atoms with Gasteiger partial charge in [0.2, 0.25) is 0 Å². The molecule has 1 aromatic heterocycles. The quantitative estimate of drug-likeness (QED) is 0.581. The lowest BCUT2D eigenvalue weighted by molar-refractivity contribution is 0.150. The van der Waals surface area contributed by atoms with E-state index in [2.05, 4.69) is 33.0 Å². The van der Waals surface area contributed by atoms with Crippen molar-refractivity contribution in [3.8, 4) is 0 Å². The van der Waals surface area contributed by atoms with Gasteiger partial charge in [0.1, 0.15) is 5.82 Å². The average Bonchev–Trinajstić information content (AvgIpc) is 3.57. The number of hydrogen-bond donors (Lipinski definition) is 1. The molecule has 32 heavy (non-hydrogen) atoms. The Hall–Kier alpha value is -1.99. The Morgan fingerprint density at radius 3 is 2.50 bits per heavy atom. The molecule has 170 valence electrons. The Labute approximate surface area is 192 Å². The number of allylic oxidation sites excluding steroid dienone is 1. The molecule has 3 aliphatic rings. The van der Waals surface area contributed by atoms with E-state index in [0.29, 0.717) is 0 Å². The van der Waals surface area contributed by atoms with Crippen LogP contribution in [0.4, 0.5) is 14.5 Å². The van der Waals surface area contributed by atoms with Crippen molar-refractivity contribution in [2.75, 3.05) is 31.2 Å². The lowest BCUT2D eigenvalue weighted by Crippen LogP contribution is -2.43. The number of fused-ring (bicyclic) bond motifs is 2. The number of nitrogens with zero attached hydrogens (tertiary/aromatic N) is 3. The molecule has 1 aromatic carbocycles. The topological polar surface area (TPSA) is 41.0 Å². The molecule has 1 spiro atoms. The van der Waals surface area contributed by atoms with Crippen LogP contribution in [0.3, 0.4) is 0 Å². The lowest BCUT2D eigenvalue weighted by Gasteiger charge is -2.40. The summed E-state index contributed by atoms with van der Waals surface area (Å²) >= 11 is 1.86. The number of rotatable bonds is 7. The highest BCUT2D eigenvalue weighted by molar-refractivity contribution is 7.99. The molecule has 2 fully saturated rings. The van der Waals surface area contributed by atoms with E-state index in [4.69, 9.17) is 0 Å². The summed E-state index contributed by atoms with van der Waals surface area (Å²) in [6.45, 7) is 7.17. The third-order valence-electron chi connectivity index (χ3n) is 7.53. The van der Waals surface area contributed by atoms with E-state index in [9.17, 15) is 8.78 Å². The minimum absolute atomic E-state index is 0.0976. The molecule has 1 saturated carbocycles. The number of aromatic nitrogens is 2. The number of likely N-dealkylation sites (tertiary alicyclic amines) is 1. The van der Waals surface area contributed by atoms with E-state index in [0.717, 1.165) is 68.1 Å². The van der Waals surface area contributed by atoms with Crippen LogP contribution in [0.5, 0.6) is 0 Å². The van der Waals surface area contributed by atoms with Crippen LogP contribution in [-0.2, 0) is 16.6 Å². The van der Waals surface area contributed by atoms with Gasteiger partial charge in [0.15, 0.2) is 0 Å². The van der Waals surface area contributed by atoms with E-state index in [-0.39, 0.29) is 15.7 Å². The average molecular weight is 457 g/mol. The largest absolute Gasteiger partial charge is 0.358 e. The van der Waals surface area contributed by atoms with Gasteiger partial charge >= 0.3 is 0 Å². The fourth-order valence-corrected chi connectivity index (χ4v) is 6.03. The number of anilines is 1. The number of halogens is 2. The second-order valence-electron chi connectivity index (χ2n) is 9.35. The monoisotopic (exact) mass is 456 g/mol. The van der Waals surface area contributed by atoms with E-state index in [1.165, 1.54) is 24.5 Å². The van der Waals surface area contributed by atoms with Crippen LogP contribution >= 0.6 is 11.8 Å². The molecular weight excluding hydrogens is 426 g/mol. The van der Waals surface area contributed by atoms with Crippen LogP contribution in [0, 0.1) is 0 Å². The highest BCUT2D eigenvalue weighted by atomic mass is 32.2. The number of piperidine rings is 1. The summed E-state index contributed by atoms with van der Waals surface area (Å²) in [4.78, 5) is 11.7. The molecule has 4 nitrogen and oxygen atoms in total. The zero-order valence-electron chi connectivity index (χ0n) is 18.5. The van der Waals surface area contributed by atoms with Crippen LogP contribution in [0.25, 0.3) is 0 Å². The molecule has 2 aliphatic heterocycles. The minimum atomic E-state index is -2.44. The fraction of sp³-hybridized carbons (Fsp3) is 0.520. The molecule has 1 aliphatic carbocycles. The van der Waals surface area contributed by atoms with Gasteiger partial charge in [-0.2, -0.15) is 11.8 Å². The molecule has 0 atom stereocenters. The van der Waals surface area contributed by atoms with Gasteiger partial charge in [-0.05, 0) is 87.7 Å². The number of hydrogen-bond acceptors (Lipinski definition) is 5. The summed E-state index contributed by atoms with van der Waals surface area (Å²) in [5, 5.41) is 3.35. The van der Waals surface area contributed by atoms with Crippen molar-refractivity contribution in [3.63, 3.8) is 0 Å².